The second-order valence-corrected chi connectivity index (χ2v) is 6.76. The molecule has 0 aliphatic carbocycles. The van der Waals surface area contributed by atoms with Gasteiger partial charge in [0, 0.05) is 35.6 Å². The minimum absolute atomic E-state index is 0.145. The number of halogens is 1. The summed E-state index contributed by atoms with van der Waals surface area (Å²) in [5.74, 6) is 0. The molecule has 0 spiro atoms. The Bertz CT molecular complexity index is 1120. The maximum Gasteiger partial charge on any atom is 0.261 e. The van der Waals surface area contributed by atoms with Crippen LogP contribution in [0.3, 0.4) is 0 Å². The highest BCUT2D eigenvalue weighted by Gasteiger charge is 2.16. The van der Waals surface area contributed by atoms with Crippen LogP contribution in [0.1, 0.15) is 12.6 Å². The number of hydrogen-bond donors (Lipinski definition) is 2. The van der Waals surface area contributed by atoms with Crippen molar-refractivity contribution in [3.63, 3.8) is 0 Å². The van der Waals surface area contributed by atoms with Gasteiger partial charge in [-0.05, 0) is 25.1 Å². The number of rotatable bonds is 5. The van der Waals surface area contributed by atoms with E-state index in [1.165, 1.54) is 17.1 Å². The SMILES string of the molecule is CN=CC(=CN)c1nc(-c2ccc(Cl)cc2)cc2c(=O)n(CC(C)O)cnc12. The van der Waals surface area contributed by atoms with Gasteiger partial charge in [0.05, 0.1) is 30.1 Å². The van der Waals surface area contributed by atoms with Crippen molar-refractivity contribution in [3.05, 3.63) is 63.9 Å². The monoisotopic (exact) mass is 397 g/mol. The Hall–Kier alpha value is -3.03. The van der Waals surface area contributed by atoms with E-state index in [2.05, 4.69) is 15.0 Å². The fourth-order valence-corrected chi connectivity index (χ4v) is 3.00. The van der Waals surface area contributed by atoms with Gasteiger partial charge in [-0.15, -0.1) is 0 Å². The van der Waals surface area contributed by atoms with E-state index in [0.29, 0.717) is 32.9 Å². The molecule has 0 bridgehead atoms. The lowest BCUT2D eigenvalue weighted by Gasteiger charge is -2.12. The third-order valence-corrected chi connectivity index (χ3v) is 4.38. The summed E-state index contributed by atoms with van der Waals surface area (Å²) < 4.78 is 1.38. The zero-order valence-electron chi connectivity index (χ0n) is 15.5. The number of fused-ring (bicyclic) bond motifs is 1. The summed E-state index contributed by atoms with van der Waals surface area (Å²) in [4.78, 5) is 26.1. The van der Waals surface area contributed by atoms with Gasteiger partial charge in [0.15, 0.2) is 0 Å². The van der Waals surface area contributed by atoms with Crippen LogP contribution in [0, 0.1) is 0 Å². The molecule has 3 N–H and O–H groups in total. The highest BCUT2D eigenvalue weighted by molar-refractivity contribution is 6.30. The van der Waals surface area contributed by atoms with Crippen molar-refractivity contribution in [1.29, 1.82) is 0 Å². The predicted molar refractivity (Wildman–Crippen MR) is 113 cm³/mol. The fraction of sp³-hybridized carbons (Fsp3) is 0.200. The van der Waals surface area contributed by atoms with Crippen LogP contribution < -0.4 is 11.3 Å². The molecule has 1 atom stereocenters. The van der Waals surface area contributed by atoms with Gasteiger partial charge in [0.1, 0.15) is 11.2 Å². The zero-order valence-corrected chi connectivity index (χ0v) is 16.3. The third-order valence-electron chi connectivity index (χ3n) is 4.13. The number of hydrogen-bond acceptors (Lipinski definition) is 6. The first-order chi connectivity index (χ1) is 13.4. The van der Waals surface area contributed by atoms with Crippen LogP contribution in [-0.4, -0.2) is 39.0 Å². The topological polar surface area (TPSA) is 106 Å². The number of aliphatic hydroxyl groups excluding tert-OH is 1. The molecule has 7 nitrogen and oxygen atoms in total. The molecule has 0 aliphatic rings. The first kappa shape index (κ1) is 19.7. The van der Waals surface area contributed by atoms with Crippen LogP contribution in [0.4, 0.5) is 0 Å². The van der Waals surface area contributed by atoms with E-state index in [4.69, 9.17) is 17.3 Å². The summed E-state index contributed by atoms with van der Waals surface area (Å²) in [6.07, 6.45) is 3.67. The number of aliphatic hydroxyl groups is 1. The summed E-state index contributed by atoms with van der Waals surface area (Å²) >= 11 is 5.98. The molecule has 0 saturated carbocycles. The van der Waals surface area contributed by atoms with Crippen LogP contribution in [-0.2, 0) is 6.54 Å². The first-order valence-electron chi connectivity index (χ1n) is 8.63. The number of benzene rings is 1. The first-order valence-corrected chi connectivity index (χ1v) is 9.01. The average molecular weight is 398 g/mol. The minimum atomic E-state index is -0.680. The van der Waals surface area contributed by atoms with Crippen LogP contribution in [0.15, 0.2) is 52.6 Å². The van der Waals surface area contributed by atoms with Gasteiger partial charge in [-0.2, -0.15) is 0 Å². The van der Waals surface area contributed by atoms with Crippen molar-refractivity contribution in [2.75, 3.05) is 7.05 Å². The Kier molecular flexibility index (Phi) is 5.87. The fourth-order valence-electron chi connectivity index (χ4n) is 2.87. The quantitative estimate of drug-likeness (QED) is 0.643. The van der Waals surface area contributed by atoms with Gasteiger partial charge in [-0.25, -0.2) is 9.97 Å². The van der Waals surface area contributed by atoms with Crippen LogP contribution >= 0.6 is 11.6 Å². The lowest BCUT2D eigenvalue weighted by molar-refractivity contribution is 0.172. The van der Waals surface area contributed by atoms with Crippen molar-refractivity contribution in [3.8, 4) is 11.3 Å². The highest BCUT2D eigenvalue weighted by Crippen LogP contribution is 2.26. The molecule has 8 heteroatoms. The Morgan fingerprint density at radius 3 is 2.71 bits per heavy atom. The van der Waals surface area contributed by atoms with Crippen molar-refractivity contribution in [1.82, 2.24) is 14.5 Å². The molecule has 2 aromatic heterocycles. The normalized spacial score (nSPS) is 13.4. The highest BCUT2D eigenvalue weighted by atomic mass is 35.5. The van der Waals surface area contributed by atoms with E-state index in [-0.39, 0.29) is 12.1 Å². The summed E-state index contributed by atoms with van der Waals surface area (Å²) in [7, 11) is 1.62. The summed E-state index contributed by atoms with van der Waals surface area (Å²) in [6, 6.07) is 8.85. The van der Waals surface area contributed by atoms with Crippen molar-refractivity contribution >= 4 is 34.3 Å². The molecule has 28 heavy (non-hydrogen) atoms. The molecular weight excluding hydrogens is 378 g/mol. The van der Waals surface area contributed by atoms with Gasteiger partial charge in [-0.3, -0.25) is 14.4 Å². The molecule has 0 aliphatic heterocycles. The van der Waals surface area contributed by atoms with Crippen LogP contribution in [0.2, 0.25) is 5.02 Å². The molecule has 0 radical (unpaired) electrons. The van der Waals surface area contributed by atoms with Crippen LogP contribution in [0.5, 0.6) is 0 Å². The molecule has 0 amide bonds. The second-order valence-electron chi connectivity index (χ2n) is 6.32. The number of allylic oxidation sites excluding steroid dienone is 1. The minimum Gasteiger partial charge on any atom is -0.404 e. The number of pyridine rings is 1. The lowest BCUT2D eigenvalue weighted by atomic mass is 10.1. The maximum absolute atomic E-state index is 13.0. The molecule has 144 valence electrons. The molecule has 3 aromatic rings. The van der Waals surface area contributed by atoms with Gasteiger partial charge in [0.2, 0.25) is 0 Å². The third kappa shape index (κ3) is 3.95. The number of aromatic nitrogens is 3. The van der Waals surface area contributed by atoms with Crippen molar-refractivity contribution in [2.24, 2.45) is 10.7 Å². The van der Waals surface area contributed by atoms with E-state index in [1.807, 2.05) is 12.1 Å². The van der Waals surface area contributed by atoms with Gasteiger partial charge >= 0.3 is 0 Å². The van der Waals surface area contributed by atoms with E-state index in [0.717, 1.165) is 5.56 Å². The van der Waals surface area contributed by atoms with Gasteiger partial charge < -0.3 is 10.8 Å². The number of nitrogens with zero attached hydrogens (tertiary/aromatic N) is 4. The summed E-state index contributed by atoms with van der Waals surface area (Å²) in [5.41, 5.74) is 8.29. The number of nitrogens with two attached hydrogens (primary N) is 1. The maximum atomic E-state index is 13.0. The Morgan fingerprint density at radius 2 is 2.11 bits per heavy atom. The predicted octanol–water partition coefficient (Wildman–Crippen LogP) is 2.49. The summed E-state index contributed by atoms with van der Waals surface area (Å²) in [5, 5.41) is 10.6. The van der Waals surface area contributed by atoms with Crippen molar-refractivity contribution < 1.29 is 5.11 Å². The molecule has 0 saturated heterocycles. The average Bonchev–Trinajstić information content (AvgIpc) is 2.68. The molecule has 2 heterocycles. The standard InChI is InChI=1S/C20H20ClN5O2/c1-12(27)10-26-11-24-19-16(20(26)28)7-17(13-3-5-15(21)6-4-13)25-18(19)14(8-22)9-23-2/h3-9,11-12,27H,10,22H2,1-2H3. The van der Waals surface area contributed by atoms with Crippen LogP contribution in [0.25, 0.3) is 27.7 Å². The van der Waals surface area contributed by atoms with Gasteiger partial charge in [0.25, 0.3) is 5.56 Å². The smallest absolute Gasteiger partial charge is 0.261 e. The van der Waals surface area contributed by atoms with E-state index >= 15 is 0 Å². The molecule has 1 unspecified atom stereocenters. The Labute approximate surface area is 166 Å². The molecular formula is C20H20ClN5O2. The number of aliphatic imine (C=N–C) groups is 1. The second kappa shape index (κ2) is 8.33. The van der Waals surface area contributed by atoms with E-state index in [1.54, 1.807) is 38.4 Å². The van der Waals surface area contributed by atoms with Gasteiger partial charge in [-0.1, -0.05) is 23.7 Å². The Morgan fingerprint density at radius 1 is 1.39 bits per heavy atom. The Balaban J connectivity index is 2.34. The zero-order chi connectivity index (χ0) is 20.3. The lowest BCUT2D eigenvalue weighted by Crippen LogP contribution is -2.26. The van der Waals surface area contributed by atoms with E-state index < -0.39 is 6.10 Å². The van der Waals surface area contributed by atoms with Crippen molar-refractivity contribution in [2.45, 2.75) is 19.6 Å². The molecule has 0 fully saturated rings. The largest absolute Gasteiger partial charge is 0.404 e. The summed E-state index contributed by atoms with van der Waals surface area (Å²) in [6.45, 7) is 1.76. The van der Waals surface area contributed by atoms with E-state index in [9.17, 15) is 9.90 Å². The molecule has 3 rings (SSSR count). The molecule has 1 aromatic carbocycles.